The lowest BCUT2D eigenvalue weighted by atomic mass is 10.0. The molecule has 2 aliphatic heterocycles. The fourth-order valence-electron chi connectivity index (χ4n) is 2.48. The number of amides is 2. The monoisotopic (exact) mass is 255 g/mol. The maximum atomic E-state index is 12.4. The number of ether oxygens (including phenoxy) is 1. The number of nitrogens with zero attached hydrogens (tertiary/aromatic N) is 1. The number of nitrogens with one attached hydrogen (secondary N) is 2. The van der Waals surface area contributed by atoms with Gasteiger partial charge in [0.25, 0.3) is 0 Å². The fraction of sp³-hybridized carbons (Fsp3) is 0.833. The SMILES string of the molecule is CCNC1COCC1C(=O)N1CCNC(=O)CC1. The van der Waals surface area contributed by atoms with Gasteiger partial charge in [0, 0.05) is 32.1 Å². The Kier molecular flexibility index (Phi) is 4.54. The number of hydrogen-bond acceptors (Lipinski definition) is 4. The minimum absolute atomic E-state index is 0.0243. The van der Waals surface area contributed by atoms with E-state index in [1.807, 2.05) is 6.92 Å². The number of carbonyl (C=O) groups excluding carboxylic acids is 2. The second-order valence-electron chi connectivity index (χ2n) is 4.73. The smallest absolute Gasteiger partial charge is 0.229 e. The summed E-state index contributed by atoms with van der Waals surface area (Å²) in [5.74, 6) is 0.0179. The van der Waals surface area contributed by atoms with E-state index in [2.05, 4.69) is 10.6 Å². The van der Waals surface area contributed by atoms with Crippen LogP contribution in [0.5, 0.6) is 0 Å². The molecule has 2 saturated heterocycles. The summed E-state index contributed by atoms with van der Waals surface area (Å²) < 4.78 is 5.39. The van der Waals surface area contributed by atoms with Crippen LogP contribution in [-0.4, -0.2) is 62.1 Å². The molecule has 0 aromatic rings. The zero-order valence-corrected chi connectivity index (χ0v) is 10.8. The maximum absolute atomic E-state index is 12.4. The second kappa shape index (κ2) is 6.15. The molecule has 2 N–H and O–H groups in total. The van der Waals surface area contributed by atoms with Crippen LogP contribution in [0.4, 0.5) is 0 Å². The third kappa shape index (κ3) is 3.00. The highest BCUT2D eigenvalue weighted by Crippen LogP contribution is 2.17. The zero-order chi connectivity index (χ0) is 13.0. The molecule has 2 aliphatic rings. The van der Waals surface area contributed by atoms with Crippen molar-refractivity contribution in [3.05, 3.63) is 0 Å². The van der Waals surface area contributed by atoms with Crippen LogP contribution >= 0.6 is 0 Å². The quantitative estimate of drug-likeness (QED) is 0.676. The van der Waals surface area contributed by atoms with E-state index in [9.17, 15) is 9.59 Å². The first kappa shape index (κ1) is 13.3. The summed E-state index contributed by atoms with van der Waals surface area (Å²) in [6.45, 7) is 5.58. The Balaban J connectivity index is 1.95. The fourth-order valence-corrected chi connectivity index (χ4v) is 2.48. The van der Waals surface area contributed by atoms with E-state index in [0.29, 0.717) is 39.3 Å². The summed E-state index contributed by atoms with van der Waals surface area (Å²) in [7, 11) is 0. The normalized spacial score (nSPS) is 28.9. The largest absolute Gasteiger partial charge is 0.379 e. The average molecular weight is 255 g/mol. The molecule has 102 valence electrons. The Morgan fingerprint density at radius 3 is 3.11 bits per heavy atom. The molecule has 0 aliphatic carbocycles. The lowest BCUT2D eigenvalue weighted by molar-refractivity contribution is -0.135. The van der Waals surface area contributed by atoms with Gasteiger partial charge < -0.3 is 20.3 Å². The molecule has 6 heteroatoms. The molecule has 0 bridgehead atoms. The minimum Gasteiger partial charge on any atom is -0.379 e. The van der Waals surface area contributed by atoms with Crippen molar-refractivity contribution in [3.8, 4) is 0 Å². The lowest BCUT2D eigenvalue weighted by Crippen LogP contribution is -2.46. The molecular formula is C12H21N3O3. The van der Waals surface area contributed by atoms with Crippen molar-refractivity contribution in [2.45, 2.75) is 19.4 Å². The summed E-state index contributed by atoms with van der Waals surface area (Å²) in [6, 6.07) is 0.106. The van der Waals surface area contributed by atoms with Gasteiger partial charge in [-0.05, 0) is 6.54 Å². The minimum atomic E-state index is -0.113. The van der Waals surface area contributed by atoms with Crippen LogP contribution in [0, 0.1) is 5.92 Å². The van der Waals surface area contributed by atoms with Gasteiger partial charge >= 0.3 is 0 Å². The van der Waals surface area contributed by atoms with Gasteiger partial charge in [-0.15, -0.1) is 0 Å². The Bertz CT molecular complexity index is 322. The molecule has 0 aromatic heterocycles. The highest BCUT2D eigenvalue weighted by molar-refractivity contribution is 5.82. The molecule has 2 amide bonds. The van der Waals surface area contributed by atoms with Crippen LogP contribution in [-0.2, 0) is 14.3 Å². The Hall–Kier alpha value is -1.14. The predicted octanol–water partition coefficient (Wildman–Crippen LogP) is -1.04. The van der Waals surface area contributed by atoms with E-state index in [1.54, 1.807) is 4.90 Å². The van der Waals surface area contributed by atoms with Gasteiger partial charge in [-0.25, -0.2) is 0 Å². The van der Waals surface area contributed by atoms with Crippen molar-refractivity contribution in [2.75, 3.05) is 39.4 Å². The van der Waals surface area contributed by atoms with Crippen LogP contribution < -0.4 is 10.6 Å². The van der Waals surface area contributed by atoms with E-state index < -0.39 is 0 Å². The maximum Gasteiger partial charge on any atom is 0.229 e. The average Bonchev–Trinajstić information content (AvgIpc) is 2.70. The van der Waals surface area contributed by atoms with Gasteiger partial charge in [0.2, 0.25) is 11.8 Å². The number of hydrogen-bond donors (Lipinski definition) is 2. The summed E-state index contributed by atoms with van der Waals surface area (Å²) in [5.41, 5.74) is 0. The standard InChI is InChI=1S/C12H21N3O3/c1-2-13-10-8-18-7-9(10)12(17)15-5-3-11(16)14-4-6-15/h9-10,13H,2-8H2,1H3,(H,14,16). The molecular weight excluding hydrogens is 234 g/mol. The summed E-state index contributed by atoms with van der Waals surface area (Å²) >= 11 is 0. The third-order valence-electron chi connectivity index (χ3n) is 3.49. The van der Waals surface area contributed by atoms with E-state index in [0.717, 1.165) is 6.54 Å². The van der Waals surface area contributed by atoms with Crippen molar-refractivity contribution in [1.29, 1.82) is 0 Å². The van der Waals surface area contributed by atoms with Gasteiger partial charge in [0.15, 0.2) is 0 Å². The molecule has 18 heavy (non-hydrogen) atoms. The molecule has 6 nitrogen and oxygen atoms in total. The molecule has 2 atom stereocenters. The van der Waals surface area contributed by atoms with E-state index in [4.69, 9.17) is 4.74 Å². The molecule has 0 spiro atoms. The second-order valence-corrected chi connectivity index (χ2v) is 4.73. The van der Waals surface area contributed by atoms with Crippen molar-refractivity contribution in [1.82, 2.24) is 15.5 Å². The molecule has 2 heterocycles. The number of likely N-dealkylation sites (N-methyl/N-ethyl adjacent to an activating group) is 1. The molecule has 0 aromatic carbocycles. The van der Waals surface area contributed by atoms with Crippen LogP contribution in [0.2, 0.25) is 0 Å². The van der Waals surface area contributed by atoms with Crippen molar-refractivity contribution < 1.29 is 14.3 Å². The molecule has 2 rings (SSSR count). The van der Waals surface area contributed by atoms with E-state index >= 15 is 0 Å². The first-order valence-corrected chi connectivity index (χ1v) is 6.59. The van der Waals surface area contributed by atoms with Crippen molar-refractivity contribution in [3.63, 3.8) is 0 Å². The van der Waals surface area contributed by atoms with Gasteiger partial charge in [-0.1, -0.05) is 6.92 Å². The number of carbonyl (C=O) groups is 2. The highest BCUT2D eigenvalue weighted by atomic mass is 16.5. The van der Waals surface area contributed by atoms with Gasteiger partial charge in [-0.2, -0.15) is 0 Å². The van der Waals surface area contributed by atoms with E-state index in [1.165, 1.54) is 0 Å². The van der Waals surface area contributed by atoms with E-state index in [-0.39, 0.29) is 23.8 Å². The molecule has 2 fully saturated rings. The first-order valence-electron chi connectivity index (χ1n) is 6.59. The van der Waals surface area contributed by atoms with Crippen LogP contribution in [0.25, 0.3) is 0 Å². The molecule has 2 unspecified atom stereocenters. The molecule has 0 radical (unpaired) electrons. The predicted molar refractivity (Wildman–Crippen MR) is 66.0 cm³/mol. The number of rotatable bonds is 3. The first-order chi connectivity index (χ1) is 8.72. The van der Waals surface area contributed by atoms with Gasteiger partial charge in [0.05, 0.1) is 19.1 Å². The van der Waals surface area contributed by atoms with Crippen LogP contribution in [0.3, 0.4) is 0 Å². The summed E-state index contributed by atoms with van der Waals surface area (Å²) in [5, 5.41) is 6.06. The third-order valence-corrected chi connectivity index (χ3v) is 3.49. The summed E-state index contributed by atoms with van der Waals surface area (Å²) in [6.07, 6.45) is 0.394. The Morgan fingerprint density at radius 1 is 1.50 bits per heavy atom. The van der Waals surface area contributed by atoms with Gasteiger partial charge in [0.1, 0.15) is 0 Å². The summed E-state index contributed by atoms with van der Waals surface area (Å²) in [4.78, 5) is 25.4. The van der Waals surface area contributed by atoms with Crippen LogP contribution in [0.1, 0.15) is 13.3 Å². The zero-order valence-electron chi connectivity index (χ0n) is 10.8. The van der Waals surface area contributed by atoms with Gasteiger partial charge in [-0.3, -0.25) is 9.59 Å². The van der Waals surface area contributed by atoms with Crippen molar-refractivity contribution in [2.24, 2.45) is 5.92 Å². The molecule has 0 saturated carbocycles. The topological polar surface area (TPSA) is 70.7 Å². The Morgan fingerprint density at radius 2 is 2.33 bits per heavy atom. The van der Waals surface area contributed by atoms with Crippen LogP contribution in [0.15, 0.2) is 0 Å². The van der Waals surface area contributed by atoms with Crippen molar-refractivity contribution >= 4 is 11.8 Å². The highest BCUT2D eigenvalue weighted by Gasteiger charge is 2.36. The Labute approximate surface area is 107 Å². The lowest BCUT2D eigenvalue weighted by Gasteiger charge is -2.25.